The molecule has 1 unspecified atom stereocenters. The summed E-state index contributed by atoms with van der Waals surface area (Å²) in [5.74, 6) is 0.497. The average Bonchev–Trinajstić information content (AvgIpc) is 3.47. The van der Waals surface area contributed by atoms with E-state index in [4.69, 9.17) is 23.2 Å². The Kier molecular flexibility index (Phi) is 5.61. The molecule has 0 radical (unpaired) electrons. The molecule has 3 aromatic rings. The van der Waals surface area contributed by atoms with Gasteiger partial charge in [0.2, 0.25) is 0 Å². The molecule has 0 N–H and O–H groups in total. The fraction of sp³-hybridized carbons (Fsp3) is 0.318. The molecule has 5 nitrogen and oxygen atoms in total. The van der Waals surface area contributed by atoms with Crippen LogP contribution in [0.25, 0.3) is 11.4 Å². The molecular formula is C22H21Cl2N3O2. The van der Waals surface area contributed by atoms with Crippen LogP contribution in [-0.4, -0.2) is 20.1 Å². The number of halogens is 2. The van der Waals surface area contributed by atoms with E-state index in [1.54, 1.807) is 16.7 Å². The van der Waals surface area contributed by atoms with E-state index >= 15 is 0 Å². The quantitative estimate of drug-likeness (QED) is 0.523. The standard InChI is InChI=1S/C22H21Cl2N3O2/c1-14(19-4-2-3-5-20(19)24)12-18(28)13-26-22(29)27(17-10-11-17)21(25-26)15-6-8-16(23)9-7-15/h2-9,14,17H,10-13H2,1H3. The van der Waals surface area contributed by atoms with Crippen LogP contribution >= 0.6 is 23.2 Å². The van der Waals surface area contributed by atoms with Crippen LogP contribution < -0.4 is 5.69 Å². The van der Waals surface area contributed by atoms with Crippen molar-refractivity contribution in [2.45, 2.75) is 44.7 Å². The predicted molar refractivity (Wildman–Crippen MR) is 115 cm³/mol. The highest BCUT2D eigenvalue weighted by Crippen LogP contribution is 2.36. The molecule has 0 saturated heterocycles. The monoisotopic (exact) mass is 429 g/mol. The van der Waals surface area contributed by atoms with Crippen LogP contribution in [0.15, 0.2) is 53.3 Å². The smallest absolute Gasteiger partial charge is 0.298 e. The summed E-state index contributed by atoms with van der Waals surface area (Å²) in [5, 5.41) is 5.75. The number of carbonyl (C=O) groups is 1. The van der Waals surface area contributed by atoms with Gasteiger partial charge in [-0.3, -0.25) is 9.36 Å². The van der Waals surface area contributed by atoms with E-state index < -0.39 is 0 Å². The van der Waals surface area contributed by atoms with Gasteiger partial charge in [0.05, 0.1) is 0 Å². The fourth-order valence-corrected chi connectivity index (χ4v) is 3.99. The number of hydrogen-bond acceptors (Lipinski definition) is 3. The molecule has 29 heavy (non-hydrogen) atoms. The van der Waals surface area contributed by atoms with E-state index in [2.05, 4.69) is 5.10 Å². The maximum Gasteiger partial charge on any atom is 0.346 e. The summed E-state index contributed by atoms with van der Waals surface area (Å²) in [6, 6.07) is 14.9. The highest BCUT2D eigenvalue weighted by molar-refractivity contribution is 6.31. The van der Waals surface area contributed by atoms with E-state index in [0.29, 0.717) is 22.3 Å². The Balaban J connectivity index is 1.56. The Morgan fingerprint density at radius 3 is 2.48 bits per heavy atom. The maximum absolute atomic E-state index is 12.9. The summed E-state index contributed by atoms with van der Waals surface area (Å²) < 4.78 is 2.98. The topological polar surface area (TPSA) is 56.9 Å². The van der Waals surface area contributed by atoms with Crippen LogP contribution in [-0.2, 0) is 11.3 Å². The van der Waals surface area contributed by atoms with E-state index in [1.807, 2.05) is 43.3 Å². The van der Waals surface area contributed by atoms with Gasteiger partial charge in [0, 0.05) is 28.1 Å². The molecule has 1 saturated carbocycles. The molecule has 1 aromatic heterocycles. The lowest BCUT2D eigenvalue weighted by atomic mass is 9.95. The molecule has 1 fully saturated rings. The van der Waals surface area contributed by atoms with Crippen molar-refractivity contribution in [1.82, 2.24) is 14.3 Å². The van der Waals surface area contributed by atoms with Crippen molar-refractivity contribution in [2.24, 2.45) is 0 Å². The van der Waals surface area contributed by atoms with Gasteiger partial charge in [-0.15, -0.1) is 5.10 Å². The van der Waals surface area contributed by atoms with Gasteiger partial charge in [-0.1, -0.05) is 48.3 Å². The lowest BCUT2D eigenvalue weighted by molar-refractivity contribution is -0.120. The molecule has 1 atom stereocenters. The second-order valence-corrected chi connectivity index (χ2v) is 8.38. The number of ketones is 1. The highest BCUT2D eigenvalue weighted by atomic mass is 35.5. The first kappa shape index (κ1) is 19.9. The molecule has 2 aromatic carbocycles. The Hall–Kier alpha value is -2.37. The summed E-state index contributed by atoms with van der Waals surface area (Å²) in [6.07, 6.45) is 2.19. The van der Waals surface area contributed by atoms with E-state index in [0.717, 1.165) is 24.0 Å². The Labute approximate surface area is 178 Å². The summed E-state index contributed by atoms with van der Waals surface area (Å²) in [6.45, 7) is 1.91. The lowest BCUT2D eigenvalue weighted by Crippen LogP contribution is -2.28. The SMILES string of the molecule is CC(CC(=O)Cn1nc(-c2ccc(Cl)cc2)n(C2CC2)c1=O)c1ccccc1Cl. The molecule has 150 valence electrons. The Morgan fingerprint density at radius 2 is 1.83 bits per heavy atom. The molecular weight excluding hydrogens is 409 g/mol. The van der Waals surface area contributed by atoms with Crippen LogP contribution in [0.2, 0.25) is 10.0 Å². The number of nitrogens with zero attached hydrogens (tertiary/aromatic N) is 3. The number of Topliss-reactive ketones (excluding diaryl/α,β-unsaturated/α-hetero) is 1. The van der Waals surface area contributed by atoms with E-state index in [-0.39, 0.29) is 30.0 Å². The number of hydrogen-bond donors (Lipinski definition) is 0. The molecule has 1 aliphatic carbocycles. The zero-order valence-corrected chi connectivity index (χ0v) is 17.5. The fourth-order valence-electron chi connectivity index (χ4n) is 3.54. The van der Waals surface area contributed by atoms with Crippen LogP contribution in [0.3, 0.4) is 0 Å². The van der Waals surface area contributed by atoms with Gasteiger partial charge in [0.15, 0.2) is 11.6 Å². The lowest BCUT2D eigenvalue weighted by Gasteiger charge is -2.12. The molecule has 0 aliphatic heterocycles. The van der Waals surface area contributed by atoms with Crippen molar-refractivity contribution in [2.75, 3.05) is 0 Å². The number of aromatic nitrogens is 3. The van der Waals surface area contributed by atoms with Crippen LogP contribution in [0.5, 0.6) is 0 Å². The van der Waals surface area contributed by atoms with Gasteiger partial charge in [0.1, 0.15) is 6.54 Å². The average molecular weight is 430 g/mol. The van der Waals surface area contributed by atoms with Gasteiger partial charge < -0.3 is 0 Å². The van der Waals surface area contributed by atoms with Crippen molar-refractivity contribution in [3.63, 3.8) is 0 Å². The molecule has 1 aliphatic rings. The minimum absolute atomic E-state index is 0.0341. The predicted octanol–water partition coefficient (Wildman–Crippen LogP) is 5.12. The number of rotatable bonds is 7. The second-order valence-electron chi connectivity index (χ2n) is 7.54. The Bertz CT molecular complexity index is 1100. The molecule has 7 heteroatoms. The first-order valence-corrected chi connectivity index (χ1v) is 10.4. The van der Waals surface area contributed by atoms with Crippen molar-refractivity contribution < 1.29 is 4.79 Å². The third-order valence-electron chi connectivity index (χ3n) is 5.18. The summed E-state index contributed by atoms with van der Waals surface area (Å²) in [4.78, 5) is 25.6. The van der Waals surface area contributed by atoms with Crippen molar-refractivity contribution in [1.29, 1.82) is 0 Å². The molecule has 0 bridgehead atoms. The molecule has 1 heterocycles. The summed E-state index contributed by atoms with van der Waals surface area (Å²) in [5.41, 5.74) is 1.51. The minimum atomic E-state index is -0.240. The van der Waals surface area contributed by atoms with Gasteiger partial charge in [-0.05, 0) is 54.7 Å². The maximum atomic E-state index is 12.9. The van der Waals surface area contributed by atoms with Gasteiger partial charge in [-0.25, -0.2) is 9.48 Å². The molecule has 0 amide bonds. The van der Waals surface area contributed by atoms with Crippen LogP contribution in [0.1, 0.15) is 43.7 Å². The second kappa shape index (κ2) is 8.17. The third kappa shape index (κ3) is 4.31. The molecule has 4 rings (SSSR count). The van der Waals surface area contributed by atoms with Crippen molar-refractivity contribution in [3.8, 4) is 11.4 Å². The minimum Gasteiger partial charge on any atom is -0.298 e. The van der Waals surface area contributed by atoms with Gasteiger partial charge >= 0.3 is 5.69 Å². The zero-order chi connectivity index (χ0) is 20.5. The first-order valence-electron chi connectivity index (χ1n) is 9.65. The largest absolute Gasteiger partial charge is 0.346 e. The summed E-state index contributed by atoms with van der Waals surface area (Å²) >= 11 is 12.2. The van der Waals surface area contributed by atoms with Gasteiger partial charge in [-0.2, -0.15) is 0 Å². The normalized spacial score (nSPS) is 14.7. The van der Waals surface area contributed by atoms with Crippen molar-refractivity contribution >= 4 is 29.0 Å². The first-order chi connectivity index (χ1) is 13.9. The summed E-state index contributed by atoms with van der Waals surface area (Å²) in [7, 11) is 0. The van der Waals surface area contributed by atoms with Crippen LogP contribution in [0, 0.1) is 0 Å². The zero-order valence-electron chi connectivity index (χ0n) is 16.0. The highest BCUT2D eigenvalue weighted by Gasteiger charge is 2.30. The molecule has 0 spiro atoms. The van der Waals surface area contributed by atoms with E-state index in [1.165, 1.54) is 4.68 Å². The van der Waals surface area contributed by atoms with E-state index in [9.17, 15) is 9.59 Å². The third-order valence-corrected chi connectivity index (χ3v) is 5.78. The Morgan fingerprint density at radius 1 is 1.14 bits per heavy atom. The van der Waals surface area contributed by atoms with Crippen LogP contribution in [0.4, 0.5) is 0 Å². The van der Waals surface area contributed by atoms with Gasteiger partial charge in [0.25, 0.3) is 0 Å². The number of benzene rings is 2. The number of carbonyl (C=O) groups excluding carboxylic acids is 1. The van der Waals surface area contributed by atoms with Crippen molar-refractivity contribution in [3.05, 3.63) is 74.6 Å².